The van der Waals surface area contributed by atoms with Crippen LogP contribution in [-0.2, 0) is 12.4 Å². The van der Waals surface area contributed by atoms with Crippen LogP contribution in [0.15, 0.2) is 0 Å². The van der Waals surface area contributed by atoms with E-state index in [2.05, 4.69) is 37.7 Å². The minimum absolute atomic E-state index is 0.637. The molecule has 0 unspecified atom stereocenters. The summed E-state index contributed by atoms with van der Waals surface area (Å²) in [5.74, 6) is 2.86. The first-order chi connectivity index (χ1) is 7.33. The van der Waals surface area contributed by atoms with E-state index in [1.54, 1.807) is 0 Å². The lowest BCUT2D eigenvalue weighted by Gasteiger charge is -2.12. The molecule has 0 N–H and O–H groups in total. The maximum Gasteiger partial charge on any atom is 0.143 e. The molecule has 3 nitrogen and oxygen atoms in total. The van der Waals surface area contributed by atoms with Gasteiger partial charge in [-0.1, -0.05) is 41.6 Å². The third-order valence-corrected chi connectivity index (χ3v) is 3.84. The van der Waals surface area contributed by atoms with Crippen molar-refractivity contribution in [2.75, 3.05) is 0 Å². The molecule has 1 aliphatic carbocycles. The van der Waals surface area contributed by atoms with Gasteiger partial charge in [0.2, 0.25) is 0 Å². The van der Waals surface area contributed by atoms with Crippen molar-refractivity contribution in [3.05, 3.63) is 11.6 Å². The van der Waals surface area contributed by atoms with Crippen LogP contribution in [0.2, 0.25) is 0 Å². The maximum atomic E-state index is 4.33. The van der Waals surface area contributed by atoms with Gasteiger partial charge < -0.3 is 4.57 Å². The molecule has 0 radical (unpaired) electrons. The van der Waals surface area contributed by atoms with Gasteiger partial charge in [-0.3, -0.25) is 0 Å². The molecule has 1 saturated carbocycles. The maximum absolute atomic E-state index is 4.33. The lowest BCUT2D eigenvalue weighted by Crippen LogP contribution is -2.07. The average molecular weight is 272 g/mol. The van der Waals surface area contributed by atoms with Crippen molar-refractivity contribution in [1.82, 2.24) is 14.8 Å². The van der Waals surface area contributed by atoms with E-state index in [4.69, 9.17) is 0 Å². The molecule has 4 heteroatoms. The summed E-state index contributed by atoms with van der Waals surface area (Å²) in [7, 11) is 2.08. The summed E-state index contributed by atoms with van der Waals surface area (Å²) in [6, 6.07) is 0. The fourth-order valence-electron chi connectivity index (χ4n) is 2.38. The van der Waals surface area contributed by atoms with Crippen molar-refractivity contribution in [2.45, 2.75) is 49.8 Å². The highest BCUT2D eigenvalue weighted by atomic mass is 79.9. The van der Waals surface area contributed by atoms with Crippen molar-refractivity contribution < 1.29 is 0 Å². The van der Waals surface area contributed by atoms with E-state index in [0.29, 0.717) is 5.92 Å². The first-order valence-corrected chi connectivity index (χ1v) is 6.89. The molecule has 0 aliphatic heterocycles. The third kappa shape index (κ3) is 2.41. The molecule has 1 heterocycles. The zero-order valence-corrected chi connectivity index (χ0v) is 10.8. The van der Waals surface area contributed by atoms with Gasteiger partial charge in [-0.25, -0.2) is 0 Å². The van der Waals surface area contributed by atoms with Gasteiger partial charge in [-0.05, 0) is 12.8 Å². The molecule has 84 valence electrons. The number of hydrogen-bond donors (Lipinski definition) is 0. The largest absolute Gasteiger partial charge is 0.317 e. The number of alkyl halides is 1. The topological polar surface area (TPSA) is 30.7 Å². The van der Waals surface area contributed by atoms with Crippen LogP contribution in [0.4, 0.5) is 0 Å². The molecule has 0 atom stereocenters. The van der Waals surface area contributed by atoms with Gasteiger partial charge in [-0.2, -0.15) is 0 Å². The van der Waals surface area contributed by atoms with Crippen molar-refractivity contribution >= 4 is 15.9 Å². The average Bonchev–Trinajstić information content (AvgIpc) is 2.49. The van der Waals surface area contributed by atoms with Crippen molar-refractivity contribution in [3.63, 3.8) is 0 Å². The van der Waals surface area contributed by atoms with Gasteiger partial charge in [0.1, 0.15) is 11.6 Å². The molecular formula is C11H18BrN3. The standard InChI is InChI=1S/C11H18BrN3/c1-15-10(8-12)13-14-11(15)9-6-4-2-3-5-7-9/h9H,2-8H2,1H3. The smallest absolute Gasteiger partial charge is 0.143 e. The fourth-order valence-corrected chi connectivity index (χ4v) is 2.87. The zero-order valence-electron chi connectivity index (χ0n) is 9.25. The second-order valence-corrected chi connectivity index (χ2v) is 4.92. The Morgan fingerprint density at radius 2 is 1.87 bits per heavy atom. The molecule has 1 fully saturated rings. The van der Waals surface area contributed by atoms with Crippen LogP contribution in [0.25, 0.3) is 0 Å². The van der Waals surface area contributed by atoms with Crippen LogP contribution in [0.1, 0.15) is 56.1 Å². The molecule has 1 aromatic heterocycles. The second-order valence-electron chi connectivity index (χ2n) is 4.36. The van der Waals surface area contributed by atoms with Crippen LogP contribution in [-0.4, -0.2) is 14.8 Å². The van der Waals surface area contributed by atoms with Gasteiger partial charge >= 0.3 is 0 Å². The normalized spacial score (nSPS) is 19.1. The van der Waals surface area contributed by atoms with E-state index in [0.717, 1.165) is 11.2 Å². The van der Waals surface area contributed by atoms with Crippen molar-refractivity contribution in [1.29, 1.82) is 0 Å². The van der Waals surface area contributed by atoms with E-state index in [-0.39, 0.29) is 0 Å². The Balaban J connectivity index is 2.16. The molecule has 15 heavy (non-hydrogen) atoms. The Morgan fingerprint density at radius 1 is 1.20 bits per heavy atom. The highest BCUT2D eigenvalue weighted by Gasteiger charge is 2.20. The van der Waals surface area contributed by atoms with E-state index in [1.165, 1.54) is 44.3 Å². The van der Waals surface area contributed by atoms with Gasteiger partial charge in [-0.15, -0.1) is 10.2 Å². The first-order valence-electron chi connectivity index (χ1n) is 5.77. The SMILES string of the molecule is Cn1c(CBr)nnc1C1CCCCCC1. The predicted octanol–water partition coefficient (Wildman–Crippen LogP) is 3.15. The summed E-state index contributed by atoms with van der Waals surface area (Å²) in [6.07, 6.45) is 8.05. The van der Waals surface area contributed by atoms with Crippen LogP contribution >= 0.6 is 15.9 Å². The van der Waals surface area contributed by atoms with Crippen LogP contribution in [0.3, 0.4) is 0 Å². The van der Waals surface area contributed by atoms with E-state index in [1.807, 2.05) is 0 Å². The summed E-state index contributed by atoms with van der Waals surface area (Å²) in [5, 5.41) is 9.34. The highest BCUT2D eigenvalue weighted by Crippen LogP contribution is 2.30. The summed E-state index contributed by atoms with van der Waals surface area (Å²) >= 11 is 3.44. The molecule has 0 bridgehead atoms. The summed E-state index contributed by atoms with van der Waals surface area (Å²) in [5.41, 5.74) is 0. The molecule has 0 amide bonds. The second kappa shape index (κ2) is 5.10. The Bertz CT molecular complexity index is 314. The van der Waals surface area contributed by atoms with E-state index in [9.17, 15) is 0 Å². The molecule has 0 saturated heterocycles. The van der Waals surface area contributed by atoms with Crippen LogP contribution < -0.4 is 0 Å². The molecule has 1 aromatic rings. The number of halogens is 1. The van der Waals surface area contributed by atoms with Gasteiger partial charge in [0.15, 0.2) is 0 Å². The highest BCUT2D eigenvalue weighted by molar-refractivity contribution is 9.08. The third-order valence-electron chi connectivity index (χ3n) is 3.34. The van der Waals surface area contributed by atoms with E-state index >= 15 is 0 Å². The number of hydrogen-bond acceptors (Lipinski definition) is 2. The minimum atomic E-state index is 0.637. The molecule has 2 rings (SSSR count). The van der Waals surface area contributed by atoms with Gasteiger partial charge in [0.05, 0.1) is 5.33 Å². The molecular weight excluding hydrogens is 254 g/mol. The van der Waals surface area contributed by atoms with Crippen LogP contribution in [0, 0.1) is 0 Å². The fraction of sp³-hybridized carbons (Fsp3) is 0.818. The summed E-state index contributed by atoms with van der Waals surface area (Å²) in [4.78, 5) is 0. The lowest BCUT2D eigenvalue weighted by atomic mass is 10.00. The van der Waals surface area contributed by atoms with E-state index < -0.39 is 0 Å². The molecule has 0 aromatic carbocycles. The zero-order chi connectivity index (χ0) is 10.7. The monoisotopic (exact) mass is 271 g/mol. The Hall–Kier alpha value is -0.380. The first kappa shape index (κ1) is 11.1. The predicted molar refractivity (Wildman–Crippen MR) is 64.1 cm³/mol. The number of rotatable bonds is 2. The number of nitrogens with zero attached hydrogens (tertiary/aromatic N) is 3. The minimum Gasteiger partial charge on any atom is -0.317 e. The van der Waals surface area contributed by atoms with Crippen LogP contribution in [0.5, 0.6) is 0 Å². The molecule has 1 aliphatic rings. The van der Waals surface area contributed by atoms with Gasteiger partial charge in [0, 0.05) is 13.0 Å². The van der Waals surface area contributed by atoms with Crippen molar-refractivity contribution in [3.8, 4) is 0 Å². The number of aromatic nitrogens is 3. The molecule has 0 spiro atoms. The summed E-state index contributed by atoms with van der Waals surface area (Å²) in [6.45, 7) is 0. The lowest BCUT2D eigenvalue weighted by molar-refractivity contribution is 0.539. The Labute approximate surface area is 99.4 Å². The quantitative estimate of drug-likeness (QED) is 0.611. The van der Waals surface area contributed by atoms with Crippen molar-refractivity contribution in [2.24, 2.45) is 7.05 Å². The van der Waals surface area contributed by atoms with Gasteiger partial charge in [0.25, 0.3) is 0 Å². The Morgan fingerprint density at radius 3 is 2.40 bits per heavy atom. The summed E-state index contributed by atoms with van der Waals surface area (Å²) < 4.78 is 2.16. The Kier molecular flexibility index (Phi) is 3.78.